The molecule has 0 radical (unpaired) electrons. The molecule has 0 aliphatic carbocycles. The van der Waals surface area contributed by atoms with E-state index in [0.29, 0.717) is 12.5 Å². The predicted octanol–water partition coefficient (Wildman–Crippen LogP) is 3.07. The van der Waals surface area contributed by atoms with Crippen LogP contribution in [0.2, 0.25) is 0 Å². The average molecular weight is 279 g/mol. The molecule has 0 atom stereocenters. The highest BCUT2D eigenvalue weighted by Crippen LogP contribution is 2.21. The van der Waals surface area contributed by atoms with Crippen molar-refractivity contribution >= 4 is 22.7 Å². The Morgan fingerprint density at radius 2 is 1.90 bits per heavy atom. The molecule has 2 aromatic heterocycles. The number of fused-ring (bicyclic) bond motifs is 1. The van der Waals surface area contributed by atoms with Gasteiger partial charge < -0.3 is 10.6 Å². The second-order valence-electron chi connectivity index (χ2n) is 4.66. The minimum atomic E-state index is 0.619. The molecule has 0 bridgehead atoms. The van der Waals surface area contributed by atoms with Crippen LogP contribution in [0.1, 0.15) is 12.5 Å². The van der Waals surface area contributed by atoms with Gasteiger partial charge in [0.25, 0.3) is 0 Å². The van der Waals surface area contributed by atoms with Crippen LogP contribution in [0.25, 0.3) is 10.9 Å². The summed E-state index contributed by atoms with van der Waals surface area (Å²) in [6.07, 6.45) is 3.60. The molecule has 0 spiro atoms. The van der Waals surface area contributed by atoms with Crippen molar-refractivity contribution in [1.29, 1.82) is 0 Å². The lowest BCUT2D eigenvalue weighted by Gasteiger charge is -2.10. The number of anilines is 2. The van der Waals surface area contributed by atoms with E-state index in [0.717, 1.165) is 28.8 Å². The van der Waals surface area contributed by atoms with E-state index in [1.807, 2.05) is 42.6 Å². The van der Waals surface area contributed by atoms with E-state index in [9.17, 15) is 0 Å². The Morgan fingerprint density at radius 3 is 2.71 bits per heavy atom. The molecule has 106 valence electrons. The quantitative estimate of drug-likeness (QED) is 0.751. The highest BCUT2D eigenvalue weighted by atomic mass is 15.1. The zero-order valence-corrected chi connectivity index (χ0v) is 11.9. The first-order chi connectivity index (χ1) is 10.4. The molecule has 0 unspecified atom stereocenters. The van der Waals surface area contributed by atoms with Crippen LogP contribution in [-0.4, -0.2) is 21.5 Å². The second-order valence-corrected chi connectivity index (χ2v) is 4.66. The van der Waals surface area contributed by atoms with Gasteiger partial charge in [0.2, 0.25) is 5.95 Å². The van der Waals surface area contributed by atoms with Gasteiger partial charge in [-0.05, 0) is 30.7 Å². The first-order valence-electron chi connectivity index (χ1n) is 7.00. The molecule has 0 aliphatic rings. The van der Waals surface area contributed by atoms with E-state index in [1.165, 1.54) is 0 Å². The van der Waals surface area contributed by atoms with Crippen molar-refractivity contribution in [1.82, 2.24) is 15.0 Å². The third-order valence-electron chi connectivity index (χ3n) is 3.12. The van der Waals surface area contributed by atoms with Crippen molar-refractivity contribution in [2.24, 2.45) is 0 Å². The lowest BCUT2D eigenvalue weighted by molar-refractivity contribution is 1.05. The molecule has 0 fully saturated rings. The van der Waals surface area contributed by atoms with Crippen molar-refractivity contribution in [2.75, 3.05) is 17.2 Å². The number of aromatic nitrogens is 3. The van der Waals surface area contributed by atoms with Crippen LogP contribution in [0.15, 0.2) is 48.8 Å². The molecule has 3 aromatic rings. The maximum absolute atomic E-state index is 4.55. The van der Waals surface area contributed by atoms with E-state index in [1.54, 1.807) is 6.20 Å². The average Bonchev–Trinajstić information content (AvgIpc) is 2.54. The molecule has 0 saturated carbocycles. The molecule has 1 aromatic carbocycles. The third kappa shape index (κ3) is 3.08. The van der Waals surface area contributed by atoms with Gasteiger partial charge in [-0.1, -0.05) is 18.2 Å². The Hall–Kier alpha value is -2.69. The van der Waals surface area contributed by atoms with Gasteiger partial charge in [-0.25, -0.2) is 4.98 Å². The number of rotatable bonds is 5. The van der Waals surface area contributed by atoms with Crippen molar-refractivity contribution in [3.05, 3.63) is 54.4 Å². The van der Waals surface area contributed by atoms with Crippen LogP contribution in [0.4, 0.5) is 11.8 Å². The van der Waals surface area contributed by atoms with Crippen molar-refractivity contribution in [3.63, 3.8) is 0 Å². The van der Waals surface area contributed by atoms with E-state index in [-0.39, 0.29) is 0 Å². The maximum atomic E-state index is 4.55. The summed E-state index contributed by atoms with van der Waals surface area (Å²) in [7, 11) is 0. The summed E-state index contributed by atoms with van der Waals surface area (Å²) >= 11 is 0. The molecule has 3 rings (SSSR count). The maximum Gasteiger partial charge on any atom is 0.225 e. The Morgan fingerprint density at radius 1 is 1.00 bits per heavy atom. The van der Waals surface area contributed by atoms with Gasteiger partial charge in [0.15, 0.2) is 0 Å². The van der Waals surface area contributed by atoms with Crippen LogP contribution >= 0.6 is 0 Å². The van der Waals surface area contributed by atoms with E-state index >= 15 is 0 Å². The topological polar surface area (TPSA) is 62.7 Å². The molecule has 21 heavy (non-hydrogen) atoms. The van der Waals surface area contributed by atoms with Gasteiger partial charge in [-0.2, -0.15) is 4.98 Å². The van der Waals surface area contributed by atoms with Crippen LogP contribution in [0.3, 0.4) is 0 Å². The number of nitrogens with zero attached hydrogens (tertiary/aromatic N) is 3. The van der Waals surface area contributed by atoms with E-state index in [2.05, 4.69) is 32.5 Å². The van der Waals surface area contributed by atoms with Gasteiger partial charge in [-0.3, -0.25) is 4.98 Å². The third-order valence-corrected chi connectivity index (χ3v) is 3.12. The molecular formula is C16H17N5. The Balaban J connectivity index is 1.88. The van der Waals surface area contributed by atoms with Crippen LogP contribution in [0, 0.1) is 0 Å². The number of benzene rings is 1. The van der Waals surface area contributed by atoms with Gasteiger partial charge in [-0.15, -0.1) is 0 Å². The second kappa shape index (κ2) is 6.17. The molecule has 5 nitrogen and oxygen atoms in total. The lowest BCUT2D eigenvalue weighted by atomic mass is 10.2. The summed E-state index contributed by atoms with van der Waals surface area (Å²) in [5.74, 6) is 1.48. The summed E-state index contributed by atoms with van der Waals surface area (Å²) < 4.78 is 0. The summed E-state index contributed by atoms with van der Waals surface area (Å²) in [6.45, 7) is 3.53. The zero-order valence-electron chi connectivity index (χ0n) is 11.9. The Labute approximate surface area is 123 Å². The van der Waals surface area contributed by atoms with Crippen LogP contribution in [0.5, 0.6) is 0 Å². The number of para-hydroxylation sites is 1. The normalized spacial score (nSPS) is 10.5. The minimum Gasteiger partial charge on any atom is -0.370 e. The Bertz CT molecular complexity index is 727. The predicted molar refractivity (Wildman–Crippen MR) is 85.3 cm³/mol. The van der Waals surface area contributed by atoms with Gasteiger partial charge in [0, 0.05) is 30.9 Å². The number of nitrogens with one attached hydrogen (secondary N) is 2. The van der Waals surface area contributed by atoms with Crippen molar-refractivity contribution < 1.29 is 0 Å². The molecule has 2 N–H and O–H groups in total. The van der Waals surface area contributed by atoms with Crippen LogP contribution < -0.4 is 10.6 Å². The molecule has 2 heterocycles. The molecular weight excluding hydrogens is 262 g/mol. The summed E-state index contributed by atoms with van der Waals surface area (Å²) in [5, 5.41) is 7.57. The highest BCUT2D eigenvalue weighted by Gasteiger charge is 2.06. The van der Waals surface area contributed by atoms with E-state index < -0.39 is 0 Å². The fraction of sp³-hybridized carbons (Fsp3) is 0.188. The van der Waals surface area contributed by atoms with Crippen molar-refractivity contribution in [2.45, 2.75) is 13.5 Å². The SMILES string of the molecule is CCNc1nc(NCc2cccnc2)nc2ccccc12. The number of hydrogen-bond acceptors (Lipinski definition) is 5. The first kappa shape index (κ1) is 13.3. The van der Waals surface area contributed by atoms with Crippen LogP contribution in [-0.2, 0) is 6.54 Å². The molecule has 5 heteroatoms. The Kier molecular flexibility index (Phi) is 3.91. The molecule has 0 aliphatic heterocycles. The fourth-order valence-corrected chi connectivity index (χ4v) is 2.14. The molecule has 0 saturated heterocycles. The molecule has 0 amide bonds. The van der Waals surface area contributed by atoms with Gasteiger partial charge in [0.1, 0.15) is 5.82 Å². The van der Waals surface area contributed by atoms with Crippen molar-refractivity contribution in [3.8, 4) is 0 Å². The summed E-state index contributed by atoms with van der Waals surface area (Å²) in [5.41, 5.74) is 2.02. The summed E-state index contributed by atoms with van der Waals surface area (Å²) in [6, 6.07) is 11.9. The number of pyridine rings is 1. The highest BCUT2D eigenvalue weighted by molar-refractivity contribution is 5.89. The summed E-state index contributed by atoms with van der Waals surface area (Å²) in [4.78, 5) is 13.2. The monoisotopic (exact) mass is 279 g/mol. The smallest absolute Gasteiger partial charge is 0.225 e. The fourth-order valence-electron chi connectivity index (χ4n) is 2.14. The lowest BCUT2D eigenvalue weighted by Crippen LogP contribution is -2.07. The standard InChI is InChI=1S/C16H17N5/c1-2-18-15-13-7-3-4-8-14(13)20-16(21-15)19-11-12-6-5-9-17-10-12/h3-10H,2,11H2,1H3,(H2,18,19,20,21). The van der Waals surface area contributed by atoms with Gasteiger partial charge in [0.05, 0.1) is 5.52 Å². The number of hydrogen-bond donors (Lipinski definition) is 2. The zero-order chi connectivity index (χ0) is 14.5. The van der Waals surface area contributed by atoms with E-state index in [4.69, 9.17) is 0 Å². The van der Waals surface area contributed by atoms with Gasteiger partial charge >= 0.3 is 0 Å². The minimum absolute atomic E-state index is 0.619. The first-order valence-corrected chi connectivity index (χ1v) is 7.00. The largest absolute Gasteiger partial charge is 0.370 e.